The molecule has 6 heteroatoms. The molecule has 1 saturated heterocycles. The van der Waals surface area contributed by atoms with Gasteiger partial charge in [0.05, 0.1) is 17.2 Å². The molecule has 1 amide bonds. The number of carboxylic acids is 1. The number of aromatic carboxylic acids is 1. The normalized spacial score (nSPS) is 22.2. The smallest absolute Gasteiger partial charge is 0.337 e. The van der Waals surface area contributed by atoms with Crippen molar-refractivity contribution < 1.29 is 19.8 Å². The van der Waals surface area contributed by atoms with E-state index in [9.17, 15) is 14.7 Å². The Morgan fingerprint density at radius 3 is 2.68 bits per heavy atom. The fraction of sp³-hybridized carbons (Fsp3) is 0.385. The zero-order valence-electron chi connectivity index (χ0n) is 10.5. The van der Waals surface area contributed by atoms with E-state index in [1.807, 2.05) is 6.92 Å². The first-order valence-electron chi connectivity index (χ1n) is 6.07. The van der Waals surface area contributed by atoms with Gasteiger partial charge in [0.25, 0.3) is 0 Å². The molecular weight excluding hydrogens is 248 g/mol. The average Bonchev–Trinajstić information content (AvgIpc) is 2.77. The summed E-state index contributed by atoms with van der Waals surface area (Å²) < 4.78 is 0. The quantitative estimate of drug-likeness (QED) is 0.608. The Bertz CT molecular complexity index is 515. The molecule has 2 rings (SSSR count). The van der Waals surface area contributed by atoms with Gasteiger partial charge in [-0.25, -0.2) is 4.79 Å². The van der Waals surface area contributed by atoms with Crippen LogP contribution in [0.15, 0.2) is 18.2 Å². The van der Waals surface area contributed by atoms with Crippen LogP contribution < -0.4 is 10.6 Å². The van der Waals surface area contributed by atoms with Crippen LogP contribution in [0.4, 0.5) is 5.69 Å². The minimum absolute atomic E-state index is 0.119. The van der Waals surface area contributed by atoms with E-state index in [1.165, 1.54) is 12.1 Å². The van der Waals surface area contributed by atoms with Gasteiger partial charge in [-0.05, 0) is 30.7 Å². The molecule has 0 aromatic heterocycles. The van der Waals surface area contributed by atoms with Crippen LogP contribution in [0.5, 0.6) is 5.75 Å². The number of rotatable bonds is 3. The highest BCUT2D eigenvalue weighted by molar-refractivity contribution is 6.01. The van der Waals surface area contributed by atoms with E-state index in [2.05, 4.69) is 10.6 Å². The molecule has 1 aromatic rings. The van der Waals surface area contributed by atoms with Crippen LogP contribution in [0.1, 0.15) is 17.3 Å². The van der Waals surface area contributed by atoms with Crippen molar-refractivity contribution in [1.29, 1.82) is 0 Å². The number of benzene rings is 1. The highest BCUT2D eigenvalue weighted by Crippen LogP contribution is 2.24. The molecule has 1 aromatic carbocycles. The summed E-state index contributed by atoms with van der Waals surface area (Å²) >= 11 is 0. The number of carbonyl (C=O) groups excluding carboxylic acids is 1. The second kappa shape index (κ2) is 5.27. The number of aromatic hydroxyl groups is 1. The van der Waals surface area contributed by atoms with Crippen molar-refractivity contribution >= 4 is 17.6 Å². The van der Waals surface area contributed by atoms with E-state index < -0.39 is 5.97 Å². The zero-order valence-corrected chi connectivity index (χ0v) is 10.5. The maximum atomic E-state index is 12.1. The van der Waals surface area contributed by atoms with Gasteiger partial charge >= 0.3 is 5.97 Å². The predicted molar refractivity (Wildman–Crippen MR) is 69.2 cm³/mol. The van der Waals surface area contributed by atoms with E-state index in [0.717, 1.165) is 12.6 Å². The third kappa shape index (κ3) is 2.85. The number of nitrogens with one attached hydrogen (secondary N) is 2. The molecule has 0 unspecified atom stereocenters. The molecule has 1 heterocycles. The summed E-state index contributed by atoms with van der Waals surface area (Å²) in [5.41, 5.74) is 0.0846. The molecule has 6 nitrogen and oxygen atoms in total. The monoisotopic (exact) mass is 264 g/mol. The van der Waals surface area contributed by atoms with Crippen LogP contribution in [-0.2, 0) is 4.79 Å². The number of amides is 1. The van der Waals surface area contributed by atoms with Gasteiger partial charge in [0.2, 0.25) is 5.91 Å². The zero-order chi connectivity index (χ0) is 14.0. The van der Waals surface area contributed by atoms with E-state index in [0.29, 0.717) is 6.54 Å². The van der Waals surface area contributed by atoms with Gasteiger partial charge in [0, 0.05) is 6.54 Å². The fourth-order valence-electron chi connectivity index (χ4n) is 2.20. The Labute approximate surface area is 110 Å². The summed E-state index contributed by atoms with van der Waals surface area (Å²) in [5.74, 6) is -1.50. The lowest BCUT2D eigenvalue weighted by molar-refractivity contribution is -0.120. The van der Waals surface area contributed by atoms with Gasteiger partial charge in [-0.3, -0.25) is 4.79 Å². The molecule has 1 aliphatic heterocycles. The molecule has 0 spiro atoms. The number of anilines is 1. The van der Waals surface area contributed by atoms with Crippen molar-refractivity contribution in [2.75, 3.05) is 18.4 Å². The van der Waals surface area contributed by atoms with E-state index in [1.54, 1.807) is 0 Å². The topological polar surface area (TPSA) is 98.7 Å². The van der Waals surface area contributed by atoms with Gasteiger partial charge in [-0.15, -0.1) is 0 Å². The lowest BCUT2D eigenvalue weighted by Crippen LogP contribution is -2.28. The molecule has 1 aliphatic rings. The van der Waals surface area contributed by atoms with Gasteiger partial charge in [-0.1, -0.05) is 6.92 Å². The summed E-state index contributed by atoms with van der Waals surface area (Å²) in [6.07, 6.45) is 0. The lowest BCUT2D eigenvalue weighted by atomic mass is 9.97. The standard InChI is InChI=1S/C13H16N2O4/c1-7-5-14-6-10(7)12(17)15-11-3-2-8(16)4-9(11)13(18)19/h2-4,7,10,14,16H,5-6H2,1H3,(H,15,17)(H,18,19)/t7-,10-/m1/s1. The van der Waals surface area contributed by atoms with Crippen LogP contribution in [0.3, 0.4) is 0 Å². The summed E-state index contributed by atoms with van der Waals surface area (Å²) in [5, 5.41) is 24.1. The lowest BCUT2D eigenvalue weighted by Gasteiger charge is -2.15. The summed E-state index contributed by atoms with van der Waals surface area (Å²) in [6.45, 7) is 3.34. The van der Waals surface area contributed by atoms with Crippen molar-refractivity contribution in [1.82, 2.24) is 5.32 Å². The first-order chi connectivity index (χ1) is 8.99. The van der Waals surface area contributed by atoms with Crippen molar-refractivity contribution in [2.24, 2.45) is 11.8 Å². The Hall–Kier alpha value is -2.08. The third-order valence-electron chi connectivity index (χ3n) is 3.35. The molecule has 1 fully saturated rings. The number of phenols is 1. The number of phenolic OH excluding ortho intramolecular Hbond substituents is 1. The van der Waals surface area contributed by atoms with Crippen LogP contribution >= 0.6 is 0 Å². The van der Waals surface area contributed by atoms with Crippen molar-refractivity contribution in [3.63, 3.8) is 0 Å². The fourth-order valence-corrected chi connectivity index (χ4v) is 2.20. The molecule has 0 bridgehead atoms. The van der Waals surface area contributed by atoms with Gasteiger partial charge < -0.3 is 20.8 Å². The number of hydrogen-bond acceptors (Lipinski definition) is 4. The van der Waals surface area contributed by atoms with Crippen molar-refractivity contribution in [3.05, 3.63) is 23.8 Å². The third-order valence-corrected chi connectivity index (χ3v) is 3.35. The molecule has 0 radical (unpaired) electrons. The predicted octanol–water partition coefficient (Wildman–Crippen LogP) is 0.884. The van der Waals surface area contributed by atoms with E-state index in [4.69, 9.17) is 5.11 Å². The molecule has 4 N–H and O–H groups in total. The summed E-state index contributed by atoms with van der Waals surface area (Å²) in [6, 6.07) is 3.86. The van der Waals surface area contributed by atoms with E-state index in [-0.39, 0.29) is 34.7 Å². The minimum Gasteiger partial charge on any atom is -0.508 e. The molecule has 102 valence electrons. The second-order valence-electron chi connectivity index (χ2n) is 4.77. The molecule has 0 saturated carbocycles. The molecule has 19 heavy (non-hydrogen) atoms. The highest BCUT2D eigenvalue weighted by Gasteiger charge is 2.30. The Morgan fingerprint density at radius 2 is 2.11 bits per heavy atom. The van der Waals surface area contributed by atoms with Crippen LogP contribution in [-0.4, -0.2) is 35.2 Å². The van der Waals surface area contributed by atoms with Crippen molar-refractivity contribution in [2.45, 2.75) is 6.92 Å². The first kappa shape index (κ1) is 13.4. The first-order valence-corrected chi connectivity index (χ1v) is 6.07. The Morgan fingerprint density at radius 1 is 1.37 bits per heavy atom. The maximum absolute atomic E-state index is 12.1. The largest absolute Gasteiger partial charge is 0.508 e. The highest BCUT2D eigenvalue weighted by atomic mass is 16.4. The van der Waals surface area contributed by atoms with Crippen LogP contribution in [0, 0.1) is 11.8 Å². The molecular formula is C13H16N2O4. The van der Waals surface area contributed by atoms with Crippen LogP contribution in [0.2, 0.25) is 0 Å². The number of hydrogen-bond donors (Lipinski definition) is 4. The second-order valence-corrected chi connectivity index (χ2v) is 4.77. The maximum Gasteiger partial charge on any atom is 0.337 e. The summed E-state index contributed by atoms with van der Waals surface area (Å²) in [7, 11) is 0. The van der Waals surface area contributed by atoms with Gasteiger partial charge in [0.15, 0.2) is 0 Å². The molecule has 2 atom stereocenters. The van der Waals surface area contributed by atoms with Gasteiger partial charge in [0.1, 0.15) is 5.75 Å². The van der Waals surface area contributed by atoms with E-state index >= 15 is 0 Å². The minimum atomic E-state index is -1.19. The number of carboxylic acid groups (broad SMARTS) is 1. The molecule has 0 aliphatic carbocycles. The van der Waals surface area contributed by atoms with Crippen LogP contribution in [0.25, 0.3) is 0 Å². The Balaban J connectivity index is 2.19. The van der Waals surface area contributed by atoms with Crippen molar-refractivity contribution in [3.8, 4) is 5.75 Å². The average molecular weight is 264 g/mol. The summed E-state index contributed by atoms with van der Waals surface area (Å²) in [4.78, 5) is 23.1. The number of carbonyl (C=O) groups is 2. The SMILES string of the molecule is C[C@@H]1CNC[C@H]1C(=O)Nc1ccc(O)cc1C(=O)O. The Kier molecular flexibility index (Phi) is 3.71. The van der Waals surface area contributed by atoms with Gasteiger partial charge in [-0.2, -0.15) is 0 Å².